The predicted molar refractivity (Wildman–Crippen MR) is 106 cm³/mol. The number of hydrogen-bond acceptors (Lipinski definition) is 0. The number of benzene rings is 2. The van der Waals surface area contributed by atoms with Crippen LogP contribution in [0.25, 0.3) is 27.6 Å². The third kappa shape index (κ3) is 2.28. The molecule has 0 spiro atoms. The molecular formula is C23H25N2+. The van der Waals surface area contributed by atoms with Gasteiger partial charge in [-0.2, -0.15) is 4.57 Å². The fourth-order valence-electron chi connectivity index (χ4n) is 3.89. The molecule has 2 heteroatoms. The Balaban J connectivity index is 2.28. The Labute approximate surface area is 149 Å². The standard InChI is InChI=1S/C23H25N2/c1-14-7-10-21-20(12-14)19-9-8-16(3)18(5)23(19)25(21)22-13-15(2)11-17(4)24(22)6/h7-13H,1-6H3/q+1. The predicted octanol–water partition coefficient (Wildman–Crippen LogP) is 5.15. The van der Waals surface area contributed by atoms with Crippen LogP contribution in [0.4, 0.5) is 0 Å². The third-order valence-corrected chi connectivity index (χ3v) is 5.50. The molecule has 2 nitrogen and oxygen atoms in total. The van der Waals surface area contributed by atoms with Crippen LogP contribution in [0, 0.1) is 34.6 Å². The summed E-state index contributed by atoms with van der Waals surface area (Å²) in [5.74, 6) is 1.22. The second-order valence-corrected chi connectivity index (χ2v) is 7.35. The molecule has 0 aliphatic rings. The van der Waals surface area contributed by atoms with Crippen molar-refractivity contribution in [2.45, 2.75) is 34.6 Å². The van der Waals surface area contributed by atoms with E-state index in [9.17, 15) is 0 Å². The zero-order valence-corrected chi connectivity index (χ0v) is 15.9. The van der Waals surface area contributed by atoms with E-state index in [-0.39, 0.29) is 0 Å². The Morgan fingerprint density at radius 3 is 2.28 bits per heavy atom. The first kappa shape index (κ1) is 15.9. The summed E-state index contributed by atoms with van der Waals surface area (Å²) in [4.78, 5) is 0. The average molecular weight is 329 g/mol. The molecule has 25 heavy (non-hydrogen) atoms. The van der Waals surface area contributed by atoms with Gasteiger partial charge in [0.05, 0.1) is 7.05 Å². The Morgan fingerprint density at radius 2 is 1.52 bits per heavy atom. The lowest BCUT2D eigenvalue weighted by Gasteiger charge is -2.09. The number of hydrogen-bond donors (Lipinski definition) is 0. The minimum absolute atomic E-state index is 1.22. The highest BCUT2D eigenvalue weighted by Crippen LogP contribution is 2.34. The quantitative estimate of drug-likeness (QED) is 0.427. The van der Waals surface area contributed by atoms with Crippen molar-refractivity contribution in [1.82, 2.24) is 4.57 Å². The average Bonchev–Trinajstić information content (AvgIpc) is 2.88. The molecule has 0 amide bonds. The second kappa shape index (κ2) is 5.45. The van der Waals surface area contributed by atoms with E-state index in [2.05, 4.69) is 93.3 Å². The maximum atomic E-state index is 2.44. The van der Waals surface area contributed by atoms with E-state index >= 15 is 0 Å². The SMILES string of the molecule is Cc1cc(C)[n+](C)c(-n2c3ccc(C)cc3c3ccc(C)c(C)c32)c1. The van der Waals surface area contributed by atoms with Crippen LogP contribution < -0.4 is 4.57 Å². The maximum Gasteiger partial charge on any atom is 0.287 e. The smallest absolute Gasteiger partial charge is 0.234 e. The summed E-state index contributed by atoms with van der Waals surface area (Å²) in [6.45, 7) is 11.0. The molecule has 0 saturated heterocycles. The van der Waals surface area contributed by atoms with Crippen LogP contribution in [-0.4, -0.2) is 4.57 Å². The molecule has 0 aliphatic carbocycles. The Bertz CT molecular complexity index is 1150. The van der Waals surface area contributed by atoms with E-state index in [0.717, 1.165) is 0 Å². The van der Waals surface area contributed by atoms with Gasteiger partial charge in [-0.1, -0.05) is 17.7 Å². The van der Waals surface area contributed by atoms with E-state index in [0.29, 0.717) is 0 Å². The van der Waals surface area contributed by atoms with Crippen molar-refractivity contribution in [1.29, 1.82) is 0 Å². The fraction of sp³-hybridized carbons (Fsp3) is 0.261. The summed E-state index contributed by atoms with van der Waals surface area (Å²) in [6, 6.07) is 15.8. The lowest BCUT2D eigenvalue weighted by Crippen LogP contribution is -2.37. The maximum absolute atomic E-state index is 2.44. The molecule has 0 atom stereocenters. The molecular weight excluding hydrogens is 304 g/mol. The van der Waals surface area contributed by atoms with E-state index in [4.69, 9.17) is 0 Å². The molecule has 0 aliphatic heterocycles. The highest BCUT2D eigenvalue weighted by Gasteiger charge is 2.23. The van der Waals surface area contributed by atoms with E-state index in [1.54, 1.807) is 0 Å². The minimum Gasteiger partial charge on any atom is -0.234 e. The van der Waals surface area contributed by atoms with Gasteiger partial charge in [-0.25, -0.2) is 4.57 Å². The van der Waals surface area contributed by atoms with E-state index in [1.807, 2.05) is 0 Å². The van der Waals surface area contributed by atoms with Crippen LogP contribution in [0.5, 0.6) is 0 Å². The first-order valence-electron chi connectivity index (χ1n) is 8.87. The monoisotopic (exact) mass is 329 g/mol. The van der Waals surface area contributed by atoms with Crippen molar-refractivity contribution >= 4 is 21.8 Å². The van der Waals surface area contributed by atoms with Gasteiger partial charge in [0.25, 0.3) is 5.82 Å². The van der Waals surface area contributed by atoms with Crippen LogP contribution in [0.2, 0.25) is 0 Å². The van der Waals surface area contributed by atoms with E-state index < -0.39 is 0 Å². The number of aromatic nitrogens is 2. The van der Waals surface area contributed by atoms with Crippen LogP contribution in [-0.2, 0) is 7.05 Å². The second-order valence-electron chi connectivity index (χ2n) is 7.35. The van der Waals surface area contributed by atoms with Gasteiger partial charge in [-0.15, -0.1) is 0 Å². The normalized spacial score (nSPS) is 11.6. The topological polar surface area (TPSA) is 8.81 Å². The molecule has 0 unspecified atom stereocenters. The highest BCUT2D eigenvalue weighted by atomic mass is 15.1. The van der Waals surface area contributed by atoms with Gasteiger partial charge in [0.2, 0.25) is 0 Å². The molecule has 2 heterocycles. The number of fused-ring (bicyclic) bond motifs is 3. The van der Waals surface area contributed by atoms with Crippen LogP contribution in [0.1, 0.15) is 27.9 Å². The summed E-state index contributed by atoms with van der Waals surface area (Å²) >= 11 is 0. The molecule has 0 N–H and O–H groups in total. The lowest BCUT2D eigenvalue weighted by molar-refractivity contribution is -0.671. The molecule has 2 aromatic carbocycles. The van der Waals surface area contributed by atoms with Crippen LogP contribution in [0.3, 0.4) is 0 Å². The van der Waals surface area contributed by atoms with Gasteiger partial charge in [0.15, 0.2) is 0 Å². The largest absolute Gasteiger partial charge is 0.287 e. The van der Waals surface area contributed by atoms with Crippen molar-refractivity contribution in [3.8, 4) is 5.82 Å². The van der Waals surface area contributed by atoms with Crippen LogP contribution >= 0.6 is 0 Å². The molecule has 2 aromatic heterocycles. The van der Waals surface area contributed by atoms with Crippen molar-refractivity contribution in [2.24, 2.45) is 7.05 Å². The number of nitrogens with zero attached hydrogens (tertiary/aromatic N) is 2. The van der Waals surface area contributed by atoms with Crippen molar-refractivity contribution in [3.63, 3.8) is 0 Å². The molecule has 0 bridgehead atoms. The van der Waals surface area contributed by atoms with Gasteiger partial charge in [0.1, 0.15) is 16.7 Å². The fourth-order valence-corrected chi connectivity index (χ4v) is 3.89. The van der Waals surface area contributed by atoms with Gasteiger partial charge in [-0.3, -0.25) is 0 Å². The molecule has 0 radical (unpaired) electrons. The lowest BCUT2D eigenvalue weighted by atomic mass is 10.0. The van der Waals surface area contributed by atoms with Gasteiger partial charge in [-0.05, 0) is 75.6 Å². The van der Waals surface area contributed by atoms with E-state index in [1.165, 1.54) is 55.6 Å². The zero-order chi connectivity index (χ0) is 17.9. The zero-order valence-electron chi connectivity index (χ0n) is 15.9. The van der Waals surface area contributed by atoms with Crippen molar-refractivity contribution < 1.29 is 4.57 Å². The first-order chi connectivity index (χ1) is 11.9. The summed E-state index contributed by atoms with van der Waals surface area (Å²) in [5, 5.41) is 2.67. The van der Waals surface area contributed by atoms with Gasteiger partial charge in [0, 0.05) is 16.8 Å². The molecule has 4 aromatic rings. The van der Waals surface area contributed by atoms with Crippen molar-refractivity contribution in [3.05, 3.63) is 70.4 Å². The number of rotatable bonds is 1. The molecule has 0 saturated carbocycles. The Morgan fingerprint density at radius 1 is 0.760 bits per heavy atom. The van der Waals surface area contributed by atoms with Crippen LogP contribution in [0.15, 0.2) is 42.5 Å². The highest BCUT2D eigenvalue weighted by molar-refractivity contribution is 6.10. The minimum atomic E-state index is 1.22. The number of pyridine rings is 1. The summed E-state index contributed by atoms with van der Waals surface area (Å²) < 4.78 is 4.72. The summed E-state index contributed by atoms with van der Waals surface area (Å²) in [7, 11) is 2.15. The van der Waals surface area contributed by atoms with Gasteiger partial charge >= 0.3 is 0 Å². The Hall–Kier alpha value is -2.61. The number of aryl methyl sites for hydroxylation is 5. The third-order valence-electron chi connectivity index (χ3n) is 5.50. The molecule has 4 rings (SSSR count). The summed E-state index contributed by atoms with van der Waals surface area (Å²) in [5.41, 5.74) is 9.14. The molecule has 0 fully saturated rings. The Kier molecular flexibility index (Phi) is 3.47. The molecule has 126 valence electrons. The summed E-state index contributed by atoms with van der Waals surface area (Å²) in [6.07, 6.45) is 0. The first-order valence-corrected chi connectivity index (χ1v) is 8.87. The van der Waals surface area contributed by atoms with Gasteiger partial charge < -0.3 is 0 Å². The van der Waals surface area contributed by atoms with Crippen molar-refractivity contribution in [2.75, 3.05) is 0 Å².